The lowest BCUT2D eigenvalue weighted by molar-refractivity contribution is 0.122. The van der Waals surface area contributed by atoms with E-state index in [1.54, 1.807) is 0 Å². The van der Waals surface area contributed by atoms with Gasteiger partial charge in [0.2, 0.25) is 0 Å². The molecule has 1 aromatic rings. The van der Waals surface area contributed by atoms with Crippen LogP contribution in [0.2, 0.25) is 0 Å². The predicted octanol–water partition coefficient (Wildman–Crippen LogP) is 0.268. The van der Waals surface area contributed by atoms with Crippen LogP contribution >= 0.6 is 0 Å². The van der Waals surface area contributed by atoms with Gasteiger partial charge in [-0.2, -0.15) is 0 Å². The number of nitrogens with one attached hydrogen (secondary N) is 1. The molecule has 0 saturated carbocycles. The zero-order valence-corrected chi connectivity index (χ0v) is 9.72. The molecule has 5 nitrogen and oxygen atoms in total. The van der Waals surface area contributed by atoms with Crippen LogP contribution in [0.25, 0.3) is 0 Å². The lowest BCUT2D eigenvalue weighted by Crippen LogP contribution is -2.38. The normalized spacial score (nSPS) is 20.0. The minimum Gasteiger partial charge on any atom is -0.378 e. The zero-order chi connectivity index (χ0) is 11.5. The summed E-state index contributed by atoms with van der Waals surface area (Å²) in [5.41, 5.74) is 1.10. The third-order valence-corrected chi connectivity index (χ3v) is 3.03. The quantitative estimate of drug-likeness (QED) is 0.795. The molecule has 3 heterocycles. The number of aromatic nitrogens is 1. The van der Waals surface area contributed by atoms with Crippen LogP contribution in [0, 0.1) is 0 Å². The van der Waals surface area contributed by atoms with Crippen molar-refractivity contribution in [2.75, 3.05) is 44.3 Å². The number of pyridine rings is 1. The Labute approximate surface area is 101 Å². The van der Waals surface area contributed by atoms with Crippen LogP contribution in [0.3, 0.4) is 0 Å². The Hall–Kier alpha value is -1.62. The van der Waals surface area contributed by atoms with Crippen molar-refractivity contribution in [3.63, 3.8) is 0 Å². The number of amidine groups is 1. The average molecular weight is 232 g/mol. The van der Waals surface area contributed by atoms with E-state index in [1.807, 2.05) is 12.3 Å². The van der Waals surface area contributed by atoms with Crippen LogP contribution in [0.5, 0.6) is 0 Å². The van der Waals surface area contributed by atoms with Gasteiger partial charge in [-0.15, -0.1) is 0 Å². The average Bonchev–Trinajstić information content (AvgIpc) is 2.94. The van der Waals surface area contributed by atoms with Gasteiger partial charge in [0.15, 0.2) is 0 Å². The summed E-state index contributed by atoms with van der Waals surface area (Å²) in [6.07, 6.45) is 1.84. The molecule has 0 spiro atoms. The standard InChI is InChI=1S/C12H16N4O/c1-2-10(11-13-4-5-14-11)12(15-3-1)16-6-8-17-9-7-16/h1-3H,4-9H2,(H,13,14). The second-order valence-electron chi connectivity index (χ2n) is 4.13. The SMILES string of the molecule is c1cnc(N2CCOCC2)c(C2=NCCN2)c1. The first-order valence-electron chi connectivity index (χ1n) is 6.01. The minimum absolute atomic E-state index is 0.774. The van der Waals surface area contributed by atoms with E-state index in [0.717, 1.165) is 56.6 Å². The molecular formula is C12H16N4O. The second-order valence-corrected chi connectivity index (χ2v) is 4.13. The maximum Gasteiger partial charge on any atom is 0.139 e. The summed E-state index contributed by atoms with van der Waals surface area (Å²) in [6, 6.07) is 4.04. The Bertz CT molecular complexity index is 426. The summed E-state index contributed by atoms with van der Waals surface area (Å²) in [6.45, 7) is 5.12. The van der Waals surface area contributed by atoms with Crippen LogP contribution in [-0.4, -0.2) is 50.2 Å². The highest BCUT2D eigenvalue weighted by atomic mass is 16.5. The number of anilines is 1. The first-order valence-corrected chi connectivity index (χ1v) is 6.01. The molecular weight excluding hydrogens is 216 g/mol. The van der Waals surface area contributed by atoms with Crippen molar-refractivity contribution in [2.24, 2.45) is 4.99 Å². The summed E-state index contributed by atoms with van der Waals surface area (Å²) in [5.74, 6) is 1.99. The summed E-state index contributed by atoms with van der Waals surface area (Å²) in [7, 11) is 0. The fourth-order valence-electron chi connectivity index (χ4n) is 2.19. The summed E-state index contributed by atoms with van der Waals surface area (Å²) < 4.78 is 5.37. The van der Waals surface area contributed by atoms with Crippen molar-refractivity contribution in [3.8, 4) is 0 Å². The van der Waals surface area contributed by atoms with Crippen molar-refractivity contribution in [2.45, 2.75) is 0 Å². The summed E-state index contributed by atoms with van der Waals surface area (Å²) in [4.78, 5) is 11.2. The van der Waals surface area contributed by atoms with Gasteiger partial charge in [-0.3, -0.25) is 4.99 Å². The fourth-order valence-corrected chi connectivity index (χ4v) is 2.19. The molecule has 1 N–H and O–H groups in total. The first kappa shape index (κ1) is 10.5. The molecule has 0 atom stereocenters. The Morgan fingerprint density at radius 2 is 2.18 bits per heavy atom. The summed E-state index contributed by atoms with van der Waals surface area (Å²) in [5, 5.41) is 3.30. The van der Waals surface area contributed by atoms with Gasteiger partial charge in [-0.1, -0.05) is 0 Å². The first-order chi connectivity index (χ1) is 8.45. The lowest BCUT2D eigenvalue weighted by atomic mass is 10.2. The van der Waals surface area contributed by atoms with E-state index < -0.39 is 0 Å². The number of hydrogen-bond acceptors (Lipinski definition) is 5. The molecule has 17 heavy (non-hydrogen) atoms. The highest BCUT2D eigenvalue weighted by Crippen LogP contribution is 2.19. The molecule has 3 rings (SSSR count). The van der Waals surface area contributed by atoms with Crippen LogP contribution in [0.4, 0.5) is 5.82 Å². The molecule has 5 heteroatoms. The number of aliphatic imine (C=N–C) groups is 1. The number of rotatable bonds is 2. The monoisotopic (exact) mass is 232 g/mol. The molecule has 0 unspecified atom stereocenters. The molecule has 1 saturated heterocycles. The Kier molecular flexibility index (Phi) is 2.92. The molecule has 1 aromatic heterocycles. The topological polar surface area (TPSA) is 49.8 Å². The van der Waals surface area contributed by atoms with Crippen molar-refractivity contribution < 1.29 is 4.74 Å². The van der Waals surface area contributed by atoms with Crippen LogP contribution in [0.1, 0.15) is 5.56 Å². The highest BCUT2D eigenvalue weighted by Gasteiger charge is 2.19. The Morgan fingerprint density at radius 1 is 1.29 bits per heavy atom. The largest absolute Gasteiger partial charge is 0.378 e. The van der Waals surface area contributed by atoms with E-state index in [2.05, 4.69) is 26.3 Å². The third-order valence-electron chi connectivity index (χ3n) is 3.03. The Morgan fingerprint density at radius 3 is 2.94 bits per heavy atom. The van der Waals surface area contributed by atoms with Gasteiger partial charge in [0.25, 0.3) is 0 Å². The highest BCUT2D eigenvalue weighted by molar-refractivity contribution is 6.03. The predicted molar refractivity (Wildman–Crippen MR) is 66.7 cm³/mol. The maximum absolute atomic E-state index is 5.37. The Balaban J connectivity index is 1.92. The van der Waals surface area contributed by atoms with Gasteiger partial charge in [-0.25, -0.2) is 4.98 Å². The molecule has 0 aromatic carbocycles. The molecule has 1 fully saturated rings. The number of hydrogen-bond donors (Lipinski definition) is 1. The van der Waals surface area contributed by atoms with Gasteiger partial charge in [0, 0.05) is 25.8 Å². The second kappa shape index (κ2) is 4.71. The van der Waals surface area contributed by atoms with Crippen molar-refractivity contribution in [1.82, 2.24) is 10.3 Å². The smallest absolute Gasteiger partial charge is 0.139 e. The van der Waals surface area contributed by atoms with Gasteiger partial charge >= 0.3 is 0 Å². The van der Waals surface area contributed by atoms with E-state index in [1.165, 1.54) is 0 Å². The van der Waals surface area contributed by atoms with Crippen molar-refractivity contribution in [1.29, 1.82) is 0 Å². The van der Waals surface area contributed by atoms with Crippen molar-refractivity contribution in [3.05, 3.63) is 23.9 Å². The number of ether oxygens (including phenoxy) is 1. The van der Waals surface area contributed by atoms with Gasteiger partial charge in [0.05, 0.1) is 25.3 Å². The maximum atomic E-state index is 5.37. The van der Waals surface area contributed by atoms with E-state index in [9.17, 15) is 0 Å². The minimum atomic E-state index is 0.774. The molecule has 2 aliphatic heterocycles. The number of nitrogens with zero attached hydrogens (tertiary/aromatic N) is 3. The van der Waals surface area contributed by atoms with E-state index in [-0.39, 0.29) is 0 Å². The van der Waals surface area contributed by atoms with E-state index in [4.69, 9.17) is 4.74 Å². The lowest BCUT2D eigenvalue weighted by Gasteiger charge is -2.29. The van der Waals surface area contributed by atoms with E-state index in [0.29, 0.717) is 0 Å². The van der Waals surface area contributed by atoms with Crippen LogP contribution in [0.15, 0.2) is 23.3 Å². The third kappa shape index (κ3) is 2.10. The molecule has 2 aliphatic rings. The molecule has 90 valence electrons. The van der Waals surface area contributed by atoms with Crippen LogP contribution in [-0.2, 0) is 4.74 Å². The molecule has 0 bridgehead atoms. The zero-order valence-electron chi connectivity index (χ0n) is 9.72. The van der Waals surface area contributed by atoms with Gasteiger partial charge in [0.1, 0.15) is 11.7 Å². The van der Waals surface area contributed by atoms with Crippen molar-refractivity contribution >= 4 is 11.7 Å². The number of morpholine rings is 1. The van der Waals surface area contributed by atoms with E-state index >= 15 is 0 Å². The fraction of sp³-hybridized carbons (Fsp3) is 0.500. The van der Waals surface area contributed by atoms with Gasteiger partial charge < -0.3 is 15.0 Å². The molecule has 0 radical (unpaired) electrons. The summed E-state index contributed by atoms with van der Waals surface area (Å²) >= 11 is 0. The molecule has 0 amide bonds. The van der Waals surface area contributed by atoms with Gasteiger partial charge in [-0.05, 0) is 12.1 Å². The molecule has 0 aliphatic carbocycles. The van der Waals surface area contributed by atoms with Crippen LogP contribution < -0.4 is 10.2 Å².